The lowest BCUT2D eigenvalue weighted by atomic mass is 9.88. The molecule has 9 rings (SSSR count). The number of nitrogen functional groups attached to an aromatic ring is 1. The molecule has 3 N–H and O–H groups in total. The molecule has 1 aromatic heterocycles. The largest absolute Gasteiger partial charge is 0.455 e. The molecule has 0 amide bonds. The molecule has 0 unspecified atom stereocenters. The van der Waals surface area contributed by atoms with Gasteiger partial charge < -0.3 is 10.2 Å². The van der Waals surface area contributed by atoms with Crippen LogP contribution in [0.5, 0.6) is 0 Å². The van der Waals surface area contributed by atoms with Crippen LogP contribution in [-0.2, 0) is 13.0 Å². The second kappa shape index (κ2) is 15.2. The second-order valence-electron chi connectivity index (χ2n) is 12.9. The quantitative estimate of drug-likeness (QED) is 0.0824. The molecule has 0 atom stereocenters. The minimum atomic E-state index is 0.0321. The molecule has 0 saturated carbocycles. The number of aryl methyl sites for hydroxylation is 1. The third-order valence-corrected chi connectivity index (χ3v) is 9.51. The average Bonchev–Trinajstić information content (AvgIpc) is 3.74. The number of nitrogens with one attached hydrogen (secondary N) is 1. The van der Waals surface area contributed by atoms with Crippen molar-refractivity contribution in [1.29, 1.82) is 5.41 Å². The summed E-state index contributed by atoms with van der Waals surface area (Å²) in [6.45, 7) is 8.58. The van der Waals surface area contributed by atoms with Gasteiger partial charge in [-0.3, -0.25) is 10.4 Å². The number of nitrogens with zero attached hydrogens (tertiary/aromatic N) is 1. The predicted molar refractivity (Wildman–Crippen MR) is 223 cm³/mol. The van der Waals surface area contributed by atoms with Crippen LogP contribution in [0.4, 0.5) is 0 Å². The molecular weight excluding hydrogens is 635 g/mol. The summed E-state index contributed by atoms with van der Waals surface area (Å²) in [6.07, 6.45) is 9.46. The van der Waals surface area contributed by atoms with Crippen LogP contribution in [0.1, 0.15) is 40.3 Å². The van der Waals surface area contributed by atoms with Crippen LogP contribution in [0.2, 0.25) is 0 Å². The first kappa shape index (κ1) is 34.0. The van der Waals surface area contributed by atoms with E-state index in [1.165, 1.54) is 60.5 Å². The maximum absolute atomic E-state index is 7.51. The molecule has 1 aliphatic carbocycles. The number of para-hydroxylation sites is 2. The number of hydrogen-bond donors (Lipinski definition) is 2. The summed E-state index contributed by atoms with van der Waals surface area (Å²) in [6, 6.07) is 45.9. The van der Waals surface area contributed by atoms with E-state index in [1.807, 2.05) is 61.5 Å². The minimum Gasteiger partial charge on any atom is -0.455 e. The molecule has 0 aliphatic heterocycles. The number of hydrogen-bond acceptors (Lipinski definition) is 3. The Kier molecular flexibility index (Phi) is 9.90. The van der Waals surface area contributed by atoms with Crippen molar-refractivity contribution >= 4 is 62.1 Å². The first-order valence-electron chi connectivity index (χ1n) is 17.5. The maximum atomic E-state index is 7.51. The molecular formula is C48H41N3O. The van der Waals surface area contributed by atoms with Crippen LogP contribution < -0.4 is 5.73 Å². The number of fused-ring (bicyclic) bond motifs is 9. The molecule has 8 aromatic rings. The predicted octanol–water partition coefficient (Wildman–Crippen LogP) is 12.2. The molecule has 1 aliphatic rings. The molecule has 0 fully saturated rings. The smallest absolute Gasteiger partial charge is 0.146 e. The first-order chi connectivity index (χ1) is 25.5. The SMILES string of the molecule is C=NCc1c2c(cc3c1c(/C=C\C=C/C)cc1ccccc13)Cc1ccccc1-2.Cc1ccccc1.N=C(N)c1cccc2c1oc1ccccc12. The Morgan fingerprint density at radius 3 is 2.23 bits per heavy atom. The van der Waals surface area contributed by atoms with Gasteiger partial charge in [-0.2, -0.15) is 0 Å². The highest BCUT2D eigenvalue weighted by atomic mass is 16.3. The molecule has 7 aromatic carbocycles. The van der Waals surface area contributed by atoms with E-state index in [2.05, 4.69) is 116 Å². The topological polar surface area (TPSA) is 75.4 Å². The summed E-state index contributed by atoms with van der Waals surface area (Å²) in [7, 11) is 0. The van der Waals surface area contributed by atoms with Crippen molar-refractivity contribution in [1.82, 2.24) is 0 Å². The highest BCUT2D eigenvalue weighted by molar-refractivity contribution is 6.15. The number of benzene rings is 7. The van der Waals surface area contributed by atoms with E-state index < -0.39 is 0 Å². The summed E-state index contributed by atoms with van der Waals surface area (Å²) in [5, 5.41) is 14.8. The molecule has 4 nitrogen and oxygen atoms in total. The highest BCUT2D eigenvalue weighted by Gasteiger charge is 2.24. The van der Waals surface area contributed by atoms with Crippen molar-refractivity contribution in [2.75, 3.05) is 0 Å². The fraction of sp³-hybridized carbons (Fsp3) is 0.0833. The van der Waals surface area contributed by atoms with Crippen LogP contribution in [-0.4, -0.2) is 12.6 Å². The normalized spacial score (nSPS) is 11.7. The van der Waals surface area contributed by atoms with Gasteiger partial charge in [0, 0.05) is 10.8 Å². The van der Waals surface area contributed by atoms with Gasteiger partial charge in [0.15, 0.2) is 0 Å². The second-order valence-corrected chi connectivity index (χ2v) is 12.9. The molecule has 4 heteroatoms. The number of allylic oxidation sites excluding steroid dienone is 3. The minimum absolute atomic E-state index is 0.0321. The Bertz CT molecular complexity index is 2640. The molecule has 1 heterocycles. The molecule has 0 spiro atoms. The van der Waals surface area contributed by atoms with Gasteiger partial charge in [-0.15, -0.1) is 0 Å². The summed E-state index contributed by atoms with van der Waals surface area (Å²) >= 11 is 0. The van der Waals surface area contributed by atoms with Crippen molar-refractivity contribution < 1.29 is 4.42 Å². The van der Waals surface area contributed by atoms with Crippen LogP contribution >= 0.6 is 0 Å². The third-order valence-electron chi connectivity index (χ3n) is 9.51. The Morgan fingerprint density at radius 2 is 1.48 bits per heavy atom. The third kappa shape index (κ3) is 6.67. The maximum Gasteiger partial charge on any atom is 0.146 e. The van der Waals surface area contributed by atoms with Crippen LogP contribution in [0.15, 0.2) is 161 Å². The summed E-state index contributed by atoms with van der Waals surface area (Å²) in [5.41, 5.74) is 17.0. The Morgan fingerprint density at radius 1 is 0.769 bits per heavy atom. The lowest BCUT2D eigenvalue weighted by Gasteiger charge is -2.17. The van der Waals surface area contributed by atoms with Crippen LogP contribution in [0.3, 0.4) is 0 Å². The number of aliphatic imine (C=N–C) groups is 1. The zero-order chi connectivity index (χ0) is 36.0. The van der Waals surface area contributed by atoms with Gasteiger partial charge in [0.05, 0.1) is 12.1 Å². The van der Waals surface area contributed by atoms with Crippen LogP contribution in [0.25, 0.3) is 60.7 Å². The van der Waals surface area contributed by atoms with E-state index in [0.29, 0.717) is 17.7 Å². The van der Waals surface area contributed by atoms with Gasteiger partial charge in [-0.1, -0.05) is 139 Å². The van der Waals surface area contributed by atoms with Crippen molar-refractivity contribution in [2.45, 2.75) is 26.8 Å². The summed E-state index contributed by atoms with van der Waals surface area (Å²) < 4.78 is 5.72. The number of furan rings is 1. The van der Waals surface area contributed by atoms with Crippen molar-refractivity contribution in [3.05, 3.63) is 185 Å². The molecule has 52 heavy (non-hydrogen) atoms. The zero-order valence-corrected chi connectivity index (χ0v) is 29.6. The van der Waals surface area contributed by atoms with Crippen molar-refractivity contribution in [2.24, 2.45) is 10.7 Å². The lowest BCUT2D eigenvalue weighted by Crippen LogP contribution is -2.10. The number of nitrogens with two attached hydrogens (primary N) is 1. The lowest BCUT2D eigenvalue weighted by molar-refractivity contribution is 0.668. The van der Waals surface area contributed by atoms with E-state index >= 15 is 0 Å². The Hall–Kier alpha value is -6.52. The molecule has 254 valence electrons. The first-order valence-corrected chi connectivity index (χ1v) is 17.5. The van der Waals surface area contributed by atoms with Crippen molar-refractivity contribution in [3.63, 3.8) is 0 Å². The van der Waals surface area contributed by atoms with Gasteiger partial charge in [-0.25, -0.2) is 0 Å². The van der Waals surface area contributed by atoms with Crippen molar-refractivity contribution in [3.8, 4) is 11.1 Å². The standard InChI is InChI=1S/C28H23N.C13H10N2O.C7H8/c1-3-4-5-12-21-15-19-10-6-8-13-23(19)25-17-22-16-20-11-7-9-14-24(20)28(22)26(18-29-2)27(21)25;14-13(15)10-6-3-5-9-8-4-1-2-7-11(8)16-12(9)10;1-7-5-3-2-4-6-7/h3-15,17H,2,16,18H2,1H3;1-7H,(H3,14,15);2-6H,1H3/b4-3-,12-5-;;. The molecule has 0 bridgehead atoms. The fourth-order valence-corrected chi connectivity index (χ4v) is 7.21. The summed E-state index contributed by atoms with van der Waals surface area (Å²) in [5.74, 6) is 0.0321. The van der Waals surface area contributed by atoms with Gasteiger partial charge in [0.2, 0.25) is 0 Å². The van der Waals surface area contributed by atoms with E-state index in [1.54, 1.807) is 6.07 Å². The zero-order valence-electron chi connectivity index (χ0n) is 29.6. The fourth-order valence-electron chi connectivity index (χ4n) is 7.21. The Balaban J connectivity index is 0.000000152. The van der Waals surface area contributed by atoms with E-state index in [-0.39, 0.29) is 5.84 Å². The average molecular weight is 676 g/mol. The van der Waals surface area contributed by atoms with Gasteiger partial charge in [0.1, 0.15) is 17.0 Å². The van der Waals surface area contributed by atoms with Gasteiger partial charge in [-0.05, 0) is 106 Å². The monoisotopic (exact) mass is 675 g/mol. The van der Waals surface area contributed by atoms with Gasteiger partial charge in [0.25, 0.3) is 0 Å². The number of rotatable bonds is 5. The molecule has 0 radical (unpaired) electrons. The van der Waals surface area contributed by atoms with E-state index in [4.69, 9.17) is 15.6 Å². The molecule has 0 saturated heterocycles. The summed E-state index contributed by atoms with van der Waals surface area (Å²) in [4.78, 5) is 4.34. The van der Waals surface area contributed by atoms with Gasteiger partial charge >= 0.3 is 0 Å². The number of amidine groups is 1. The Labute approximate surface area is 304 Å². The van der Waals surface area contributed by atoms with E-state index in [0.717, 1.165) is 22.8 Å². The van der Waals surface area contributed by atoms with Crippen LogP contribution in [0, 0.1) is 12.3 Å². The van der Waals surface area contributed by atoms with E-state index in [9.17, 15) is 0 Å². The highest BCUT2D eigenvalue weighted by Crippen LogP contribution is 2.45.